The largest absolute Gasteiger partial charge is 0.383 e. The van der Waals surface area contributed by atoms with Crippen molar-refractivity contribution in [2.24, 2.45) is 0 Å². The number of rotatable bonds is 8. The van der Waals surface area contributed by atoms with Gasteiger partial charge in [-0.25, -0.2) is 4.98 Å². The van der Waals surface area contributed by atoms with Crippen LogP contribution in [0.1, 0.15) is 16.1 Å². The number of aromatic nitrogens is 2. The summed E-state index contributed by atoms with van der Waals surface area (Å²) in [4.78, 5) is 20.7. The van der Waals surface area contributed by atoms with Gasteiger partial charge in [0.15, 0.2) is 4.96 Å². The van der Waals surface area contributed by atoms with Crippen molar-refractivity contribution in [3.05, 3.63) is 95.6 Å². The molecule has 33 heavy (non-hydrogen) atoms. The Hall–Kier alpha value is -3.48. The minimum atomic E-state index is 0.0293. The smallest absolute Gasteiger partial charge is 0.253 e. The highest BCUT2D eigenvalue weighted by Crippen LogP contribution is 2.27. The van der Waals surface area contributed by atoms with Gasteiger partial charge in [0.2, 0.25) is 0 Å². The number of benzene rings is 3. The van der Waals surface area contributed by atoms with E-state index in [0.29, 0.717) is 25.3 Å². The van der Waals surface area contributed by atoms with Crippen LogP contribution in [0, 0.1) is 0 Å². The molecular formula is C27H25N3O2S. The van der Waals surface area contributed by atoms with Gasteiger partial charge in [-0.15, -0.1) is 11.3 Å². The van der Waals surface area contributed by atoms with Crippen LogP contribution >= 0.6 is 11.3 Å². The second-order valence-electron chi connectivity index (χ2n) is 7.97. The molecule has 2 heterocycles. The Bertz CT molecular complexity index is 1390. The monoisotopic (exact) mass is 455 g/mol. The molecule has 6 heteroatoms. The van der Waals surface area contributed by atoms with Crippen LogP contribution in [-0.2, 0) is 11.2 Å². The fourth-order valence-corrected chi connectivity index (χ4v) is 4.93. The molecule has 0 radical (unpaired) electrons. The molecule has 5 nitrogen and oxygen atoms in total. The second kappa shape index (κ2) is 9.57. The molecule has 5 rings (SSSR count). The predicted octanol–water partition coefficient (Wildman–Crippen LogP) is 5.55. The van der Waals surface area contributed by atoms with E-state index < -0.39 is 0 Å². The van der Waals surface area contributed by atoms with Crippen molar-refractivity contribution in [1.29, 1.82) is 0 Å². The van der Waals surface area contributed by atoms with Gasteiger partial charge in [0.1, 0.15) is 0 Å². The SMILES string of the molecule is COCCN(CCc1csc2nc(-c3ccc4ccccc4c3)cn12)C(=O)c1ccccc1. The van der Waals surface area contributed by atoms with E-state index in [9.17, 15) is 4.79 Å². The normalized spacial score (nSPS) is 11.3. The van der Waals surface area contributed by atoms with Gasteiger partial charge < -0.3 is 9.64 Å². The molecule has 1 amide bonds. The van der Waals surface area contributed by atoms with Gasteiger partial charge in [-0.05, 0) is 29.0 Å². The number of amides is 1. The van der Waals surface area contributed by atoms with Crippen molar-refractivity contribution in [2.75, 3.05) is 26.8 Å². The number of methoxy groups -OCH3 is 1. The van der Waals surface area contributed by atoms with Crippen molar-refractivity contribution >= 4 is 33.0 Å². The minimum absolute atomic E-state index is 0.0293. The molecular weight excluding hydrogens is 430 g/mol. The number of fused-ring (bicyclic) bond motifs is 2. The Morgan fingerprint density at radius 1 is 1.00 bits per heavy atom. The molecule has 0 aliphatic carbocycles. The lowest BCUT2D eigenvalue weighted by molar-refractivity contribution is 0.0697. The molecule has 2 aromatic heterocycles. The maximum Gasteiger partial charge on any atom is 0.253 e. The molecule has 0 unspecified atom stereocenters. The first-order valence-electron chi connectivity index (χ1n) is 11.0. The molecule has 0 fully saturated rings. The zero-order valence-electron chi connectivity index (χ0n) is 18.5. The van der Waals surface area contributed by atoms with E-state index in [1.54, 1.807) is 18.4 Å². The van der Waals surface area contributed by atoms with Gasteiger partial charge in [0.05, 0.1) is 12.3 Å². The fourth-order valence-electron chi connectivity index (χ4n) is 4.03. The Balaban J connectivity index is 1.37. The van der Waals surface area contributed by atoms with Crippen LogP contribution in [0.25, 0.3) is 27.0 Å². The van der Waals surface area contributed by atoms with E-state index in [1.807, 2.05) is 35.2 Å². The number of carbonyl (C=O) groups is 1. The third-order valence-electron chi connectivity index (χ3n) is 5.84. The van der Waals surface area contributed by atoms with Crippen LogP contribution in [0.5, 0.6) is 0 Å². The van der Waals surface area contributed by atoms with Gasteiger partial charge in [0, 0.05) is 55.0 Å². The van der Waals surface area contributed by atoms with Crippen molar-refractivity contribution in [3.63, 3.8) is 0 Å². The quantitative estimate of drug-likeness (QED) is 0.308. The zero-order valence-corrected chi connectivity index (χ0v) is 19.3. The number of ether oxygens (including phenoxy) is 1. The summed E-state index contributed by atoms with van der Waals surface area (Å²) >= 11 is 1.63. The lowest BCUT2D eigenvalue weighted by Gasteiger charge is -2.22. The van der Waals surface area contributed by atoms with Crippen molar-refractivity contribution in [1.82, 2.24) is 14.3 Å². The molecule has 0 atom stereocenters. The van der Waals surface area contributed by atoms with Gasteiger partial charge in [0.25, 0.3) is 5.91 Å². The third kappa shape index (κ3) is 4.53. The molecule has 0 aliphatic heterocycles. The molecule has 0 saturated heterocycles. The Morgan fingerprint density at radius 2 is 1.79 bits per heavy atom. The number of hydrogen-bond acceptors (Lipinski definition) is 4. The Kier molecular flexibility index (Phi) is 6.19. The number of carbonyl (C=O) groups excluding carboxylic acids is 1. The predicted molar refractivity (Wildman–Crippen MR) is 134 cm³/mol. The summed E-state index contributed by atoms with van der Waals surface area (Å²) in [6.45, 7) is 1.69. The van der Waals surface area contributed by atoms with E-state index in [4.69, 9.17) is 9.72 Å². The Morgan fingerprint density at radius 3 is 2.61 bits per heavy atom. The van der Waals surface area contributed by atoms with Gasteiger partial charge in [-0.1, -0.05) is 54.6 Å². The first kappa shape index (κ1) is 21.4. The van der Waals surface area contributed by atoms with E-state index in [-0.39, 0.29) is 5.91 Å². The van der Waals surface area contributed by atoms with Crippen molar-refractivity contribution in [3.8, 4) is 11.3 Å². The van der Waals surface area contributed by atoms with Crippen molar-refractivity contribution in [2.45, 2.75) is 6.42 Å². The van der Waals surface area contributed by atoms with Crippen LogP contribution in [0.2, 0.25) is 0 Å². The highest BCUT2D eigenvalue weighted by molar-refractivity contribution is 7.15. The first-order chi connectivity index (χ1) is 16.2. The molecule has 0 saturated carbocycles. The fraction of sp³-hybridized carbons (Fsp3) is 0.185. The summed E-state index contributed by atoms with van der Waals surface area (Å²) in [5.74, 6) is 0.0293. The number of hydrogen-bond donors (Lipinski definition) is 0. The lowest BCUT2D eigenvalue weighted by atomic mass is 10.1. The van der Waals surface area contributed by atoms with E-state index in [1.165, 1.54) is 10.8 Å². The van der Waals surface area contributed by atoms with Crippen LogP contribution in [0.3, 0.4) is 0 Å². The molecule has 3 aromatic carbocycles. The summed E-state index contributed by atoms with van der Waals surface area (Å²) in [5.41, 5.74) is 3.92. The average molecular weight is 456 g/mol. The van der Waals surface area contributed by atoms with Crippen LogP contribution in [0.15, 0.2) is 84.4 Å². The first-order valence-corrected chi connectivity index (χ1v) is 11.9. The highest BCUT2D eigenvalue weighted by Gasteiger charge is 2.17. The molecule has 0 aliphatic rings. The minimum Gasteiger partial charge on any atom is -0.383 e. The standard InChI is InChI=1S/C27H25N3O2S/c1-32-16-15-29(26(31)21-8-3-2-4-9-21)14-13-24-19-33-27-28-25(18-30(24)27)23-12-11-20-7-5-6-10-22(20)17-23/h2-12,17-19H,13-16H2,1H3. The topological polar surface area (TPSA) is 46.8 Å². The number of thiazole rings is 1. The summed E-state index contributed by atoms with van der Waals surface area (Å²) < 4.78 is 7.39. The highest BCUT2D eigenvalue weighted by atomic mass is 32.1. The molecule has 5 aromatic rings. The molecule has 166 valence electrons. The molecule has 0 spiro atoms. The third-order valence-corrected chi connectivity index (χ3v) is 6.73. The summed E-state index contributed by atoms with van der Waals surface area (Å²) in [7, 11) is 1.66. The molecule has 0 bridgehead atoms. The van der Waals surface area contributed by atoms with E-state index in [2.05, 4.69) is 58.4 Å². The van der Waals surface area contributed by atoms with Gasteiger partial charge >= 0.3 is 0 Å². The second-order valence-corrected chi connectivity index (χ2v) is 8.81. The summed E-state index contributed by atoms with van der Waals surface area (Å²) in [5, 5.41) is 4.57. The molecule has 0 N–H and O–H groups in total. The van der Waals surface area contributed by atoms with Crippen molar-refractivity contribution < 1.29 is 9.53 Å². The maximum atomic E-state index is 13.0. The average Bonchev–Trinajstić information content (AvgIpc) is 3.45. The zero-order chi connectivity index (χ0) is 22.6. The van der Waals surface area contributed by atoms with Crippen LogP contribution in [-0.4, -0.2) is 47.0 Å². The van der Waals surface area contributed by atoms with Crippen LogP contribution in [0.4, 0.5) is 0 Å². The van der Waals surface area contributed by atoms with E-state index >= 15 is 0 Å². The Labute approximate surface area is 196 Å². The van der Waals surface area contributed by atoms with Crippen LogP contribution < -0.4 is 0 Å². The number of nitrogens with zero attached hydrogens (tertiary/aromatic N) is 3. The van der Waals surface area contributed by atoms with Gasteiger partial charge in [-0.3, -0.25) is 9.20 Å². The summed E-state index contributed by atoms with van der Waals surface area (Å²) in [6.07, 6.45) is 2.85. The number of imidazole rings is 1. The summed E-state index contributed by atoms with van der Waals surface area (Å²) in [6, 6.07) is 24.2. The van der Waals surface area contributed by atoms with Gasteiger partial charge in [-0.2, -0.15) is 0 Å². The van der Waals surface area contributed by atoms with E-state index in [0.717, 1.165) is 28.3 Å². The maximum absolute atomic E-state index is 13.0. The lowest BCUT2D eigenvalue weighted by Crippen LogP contribution is -2.35.